The Balaban J connectivity index is 2.57. The van der Waals surface area contributed by atoms with Gasteiger partial charge < -0.3 is 5.73 Å². The lowest BCUT2D eigenvalue weighted by atomic mass is 10.0. The summed E-state index contributed by atoms with van der Waals surface area (Å²) in [7, 11) is 0. The van der Waals surface area contributed by atoms with Gasteiger partial charge in [0.15, 0.2) is 0 Å². The van der Waals surface area contributed by atoms with Crippen molar-refractivity contribution in [3.63, 3.8) is 0 Å². The zero-order valence-corrected chi connectivity index (χ0v) is 7.30. The van der Waals surface area contributed by atoms with Crippen molar-refractivity contribution in [3.05, 3.63) is 41.0 Å². The summed E-state index contributed by atoms with van der Waals surface area (Å²) in [6.07, 6.45) is 3.29. The Bertz CT molecular complexity index is 337. The molecule has 2 rings (SSSR count). The highest BCUT2D eigenvalue weighted by molar-refractivity contribution is 5.76. The fourth-order valence-corrected chi connectivity index (χ4v) is 1.88. The number of allylic oxidation sites excluding steroid dienone is 1. The van der Waals surface area contributed by atoms with Crippen LogP contribution in [0.2, 0.25) is 0 Å². The molecule has 1 heteroatoms. The number of fused-ring (bicyclic) bond motifs is 1. The Labute approximate surface area is 72.9 Å². The summed E-state index contributed by atoms with van der Waals surface area (Å²) in [5.41, 5.74) is 11.1. The van der Waals surface area contributed by atoms with Gasteiger partial charge in [-0.1, -0.05) is 24.3 Å². The fraction of sp³-hybridized carbons (Fsp3) is 0.273. The molecule has 0 unspecified atom stereocenters. The lowest BCUT2D eigenvalue weighted by Gasteiger charge is -2.06. The van der Waals surface area contributed by atoms with Crippen LogP contribution in [0.1, 0.15) is 16.7 Å². The molecule has 12 heavy (non-hydrogen) atoms. The monoisotopic (exact) mass is 159 g/mol. The van der Waals surface area contributed by atoms with E-state index in [1.807, 2.05) is 0 Å². The predicted octanol–water partition coefficient (Wildman–Crippen LogP) is 1.89. The molecule has 0 bridgehead atoms. The van der Waals surface area contributed by atoms with Crippen molar-refractivity contribution >= 4 is 5.57 Å². The molecule has 0 heterocycles. The molecule has 1 aliphatic rings. The van der Waals surface area contributed by atoms with Crippen LogP contribution in [0.5, 0.6) is 0 Å². The Kier molecular flexibility index (Phi) is 1.74. The summed E-state index contributed by atoms with van der Waals surface area (Å²) in [5, 5.41) is 0. The lowest BCUT2D eigenvalue weighted by Crippen LogP contribution is -2.02. The molecule has 0 atom stereocenters. The molecule has 0 aromatic heterocycles. The highest BCUT2D eigenvalue weighted by Gasteiger charge is 2.13. The topological polar surface area (TPSA) is 26.0 Å². The molecule has 1 aromatic rings. The number of hydrogen-bond acceptors (Lipinski definition) is 1. The maximum Gasteiger partial charge on any atom is 0.0181 e. The Morgan fingerprint density at radius 2 is 2.25 bits per heavy atom. The Hall–Kier alpha value is -1.08. The summed E-state index contributed by atoms with van der Waals surface area (Å²) in [4.78, 5) is 0. The molecular formula is C11H13N. The summed E-state index contributed by atoms with van der Waals surface area (Å²) >= 11 is 0. The molecule has 2 N–H and O–H groups in total. The van der Waals surface area contributed by atoms with Crippen LogP contribution in [-0.4, -0.2) is 6.54 Å². The summed E-state index contributed by atoms with van der Waals surface area (Å²) in [5.74, 6) is 0. The third kappa shape index (κ3) is 0.978. The first-order valence-electron chi connectivity index (χ1n) is 4.31. The highest BCUT2D eigenvalue weighted by Crippen LogP contribution is 2.28. The number of rotatable bonds is 1. The normalized spacial score (nSPS) is 14.3. The van der Waals surface area contributed by atoms with E-state index in [-0.39, 0.29) is 0 Å². The lowest BCUT2D eigenvalue weighted by molar-refractivity contribution is 1.25. The standard InChI is InChI=1S/C11H13N/c1-8-3-2-4-9-5-6-10(7-12)11(8)9/h2-4,6H,5,7,12H2,1H3. The Morgan fingerprint density at radius 1 is 1.42 bits per heavy atom. The van der Waals surface area contributed by atoms with Crippen molar-refractivity contribution in [2.75, 3.05) is 6.54 Å². The van der Waals surface area contributed by atoms with E-state index < -0.39 is 0 Å². The van der Waals surface area contributed by atoms with Gasteiger partial charge in [0, 0.05) is 6.54 Å². The third-order valence-corrected chi connectivity index (χ3v) is 2.47. The molecule has 1 aromatic carbocycles. The summed E-state index contributed by atoms with van der Waals surface area (Å²) in [6, 6.07) is 6.44. The van der Waals surface area contributed by atoms with E-state index in [0.717, 1.165) is 6.42 Å². The molecule has 0 saturated heterocycles. The molecular weight excluding hydrogens is 146 g/mol. The zero-order valence-electron chi connectivity index (χ0n) is 7.30. The first kappa shape index (κ1) is 7.56. The predicted molar refractivity (Wildman–Crippen MR) is 51.9 cm³/mol. The van der Waals surface area contributed by atoms with Gasteiger partial charge in [-0.25, -0.2) is 0 Å². The minimum Gasteiger partial charge on any atom is -0.326 e. The van der Waals surface area contributed by atoms with Gasteiger partial charge in [0.1, 0.15) is 0 Å². The minimum absolute atomic E-state index is 0.665. The number of nitrogens with two attached hydrogens (primary N) is 1. The molecule has 0 saturated carbocycles. The molecule has 0 radical (unpaired) electrons. The van der Waals surface area contributed by atoms with E-state index in [2.05, 4.69) is 31.2 Å². The maximum atomic E-state index is 5.65. The van der Waals surface area contributed by atoms with E-state index >= 15 is 0 Å². The van der Waals surface area contributed by atoms with Crippen LogP contribution in [0.15, 0.2) is 24.3 Å². The Morgan fingerprint density at radius 3 is 3.00 bits per heavy atom. The third-order valence-electron chi connectivity index (χ3n) is 2.47. The van der Waals surface area contributed by atoms with E-state index in [4.69, 9.17) is 5.73 Å². The van der Waals surface area contributed by atoms with Crippen molar-refractivity contribution < 1.29 is 0 Å². The van der Waals surface area contributed by atoms with Crippen molar-refractivity contribution in [1.29, 1.82) is 0 Å². The molecule has 0 spiro atoms. The highest BCUT2D eigenvalue weighted by atomic mass is 14.5. The van der Waals surface area contributed by atoms with Crippen LogP contribution < -0.4 is 5.73 Å². The van der Waals surface area contributed by atoms with Crippen LogP contribution in [0, 0.1) is 6.92 Å². The average Bonchev–Trinajstić information content (AvgIpc) is 2.49. The second-order valence-corrected chi connectivity index (χ2v) is 3.25. The van der Waals surface area contributed by atoms with Gasteiger partial charge in [0.05, 0.1) is 0 Å². The molecule has 1 nitrogen and oxygen atoms in total. The summed E-state index contributed by atoms with van der Waals surface area (Å²) < 4.78 is 0. The average molecular weight is 159 g/mol. The first-order valence-corrected chi connectivity index (χ1v) is 4.31. The smallest absolute Gasteiger partial charge is 0.0181 e. The molecule has 62 valence electrons. The SMILES string of the molecule is Cc1cccc2c1C(CN)=CC2. The molecule has 0 amide bonds. The van der Waals surface area contributed by atoms with Gasteiger partial charge in [-0.15, -0.1) is 0 Å². The van der Waals surface area contributed by atoms with Crippen molar-refractivity contribution in [2.24, 2.45) is 5.73 Å². The zero-order chi connectivity index (χ0) is 8.55. The second kappa shape index (κ2) is 2.76. The van der Waals surface area contributed by atoms with Crippen LogP contribution in [0.3, 0.4) is 0 Å². The quantitative estimate of drug-likeness (QED) is 0.665. The summed E-state index contributed by atoms with van der Waals surface area (Å²) in [6.45, 7) is 2.81. The number of benzene rings is 1. The van der Waals surface area contributed by atoms with Gasteiger partial charge in [-0.2, -0.15) is 0 Å². The van der Waals surface area contributed by atoms with Crippen LogP contribution >= 0.6 is 0 Å². The molecule has 0 aliphatic heterocycles. The van der Waals surface area contributed by atoms with Crippen molar-refractivity contribution in [2.45, 2.75) is 13.3 Å². The van der Waals surface area contributed by atoms with E-state index in [1.54, 1.807) is 0 Å². The van der Waals surface area contributed by atoms with Crippen LogP contribution in [0.25, 0.3) is 5.57 Å². The van der Waals surface area contributed by atoms with Crippen LogP contribution in [0.4, 0.5) is 0 Å². The van der Waals surface area contributed by atoms with Crippen LogP contribution in [-0.2, 0) is 6.42 Å². The van der Waals surface area contributed by atoms with E-state index in [9.17, 15) is 0 Å². The maximum absolute atomic E-state index is 5.65. The molecule has 0 fully saturated rings. The van der Waals surface area contributed by atoms with Gasteiger partial charge in [0.2, 0.25) is 0 Å². The van der Waals surface area contributed by atoms with E-state index in [0.29, 0.717) is 6.54 Å². The van der Waals surface area contributed by atoms with Gasteiger partial charge in [0.25, 0.3) is 0 Å². The fourth-order valence-electron chi connectivity index (χ4n) is 1.88. The number of hydrogen-bond donors (Lipinski definition) is 1. The minimum atomic E-state index is 0.665. The number of aryl methyl sites for hydroxylation is 1. The second-order valence-electron chi connectivity index (χ2n) is 3.25. The van der Waals surface area contributed by atoms with Crippen molar-refractivity contribution in [1.82, 2.24) is 0 Å². The first-order chi connectivity index (χ1) is 5.83. The van der Waals surface area contributed by atoms with E-state index in [1.165, 1.54) is 22.3 Å². The molecule has 1 aliphatic carbocycles. The largest absolute Gasteiger partial charge is 0.326 e. The van der Waals surface area contributed by atoms with Gasteiger partial charge in [-0.3, -0.25) is 0 Å². The van der Waals surface area contributed by atoms with Gasteiger partial charge >= 0.3 is 0 Å². The van der Waals surface area contributed by atoms with Gasteiger partial charge in [-0.05, 0) is 35.6 Å². The van der Waals surface area contributed by atoms with Crippen molar-refractivity contribution in [3.8, 4) is 0 Å².